The van der Waals surface area contributed by atoms with Gasteiger partial charge in [0.25, 0.3) is 0 Å². The molecule has 2 heterocycles. The first-order chi connectivity index (χ1) is 12.0. The number of hydrogen-bond donors (Lipinski definition) is 2. The van der Waals surface area contributed by atoms with Gasteiger partial charge < -0.3 is 10.6 Å². The SMILES string of the molecule is CN=C(NCc1nc(C)c(C)s1)NC1CCc2cn(C(C)C)nc2C1. The van der Waals surface area contributed by atoms with Crippen LogP contribution in [-0.2, 0) is 19.4 Å². The van der Waals surface area contributed by atoms with Crippen molar-refractivity contribution >= 4 is 17.3 Å². The number of aliphatic imine (C=N–C) groups is 1. The molecule has 6 nitrogen and oxygen atoms in total. The summed E-state index contributed by atoms with van der Waals surface area (Å²) in [7, 11) is 1.81. The van der Waals surface area contributed by atoms with Crippen LogP contribution in [0.25, 0.3) is 0 Å². The molecule has 1 atom stereocenters. The number of nitrogens with zero attached hydrogens (tertiary/aromatic N) is 4. The molecule has 0 bridgehead atoms. The normalized spacial score (nSPS) is 17.7. The molecule has 0 saturated carbocycles. The summed E-state index contributed by atoms with van der Waals surface area (Å²) in [6.07, 6.45) is 5.33. The first kappa shape index (κ1) is 17.9. The highest BCUT2D eigenvalue weighted by Gasteiger charge is 2.23. The molecule has 0 saturated heterocycles. The van der Waals surface area contributed by atoms with Gasteiger partial charge in [-0.3, -0.25) is 9.67 Å². The lowest BCUT2D eigenvalue weighted by molar-refractivity contribution is 0.499. The van der Waals surface area contributed by atoms with E-state index in [4.69, 9.17) is 5.10 Å². The number of fused-ring (bicyclic) bond motifs is 1. The van der Waals surface area contributed by atoms with E-state index in [1.165, 1.54) is 16.1 Å². The van der Waals surface area contributed by atoms with Gasteiger partial charge in [0.05, 0.1) is 17.9 Å². The van der Waals surface area contributed by atoms with Crippen molar-refractivity contribution in [2.24, 2.45) is 4.99 Å². The maximum Gasteiger partial charge on any atom is 0.191 e. The number of thiazole rings is 1. The minimum Gasteiger partial charge on any atom is -0.353 e. The molecule has 0 aromatic carbocycles. The smallest absolute Gasteiger partial charge is 0.191 e. The van der Waals surface area contributed by atoms with Gasteiger partial charge in [-0.2, -0.15) is 5.10 Å². The van der Waals surface area contributed by atoms with Gasteiger partial charge in [-0.05, 0) is 46.1 Å². The van der Waals surface area contributed by atoms with Crippen LogP contribution in [0, 0.1) is 13.8 Å². The largest absolute Gasteiger partial charge is 0.353 e. The number of aromatic nitrogens is 3. The Morgan fingerprint density at radius 2 is 2.24 bits per heavy atom. The van der Waals surface area contributed by atoms with E-state index < -0.39 is 0 Å². The third-order valence-electron chi connectivity index (χ3n) is 4.67. The Kier molecular flexibility index (Phi) is 5.42. The van der Waals surface area contributed by atoms with Gasteiger partial charge in [-0.25, -0.2) is 4.98 Å². The summed E-state index contributed by atoms with van der Waals surface area (Å²) in [5, 5.41) is 12.8. The molecule has 25 heavy (non-hydrogen) atoms. The minimum atomic E-state index is 0.369. The van der Waals surface area contributed by atoms with E-state index in [1.54, 1.807) is 11.3 Å². The Labute approximate surface area is 153 Å². The van der Waals surface area contributed by atoms with E-state index in [2.05, 4.69) is 59.2 Å². The third-order valence-corrected chi connectivity index (χ3v) is 5.74. The fourth-order valence-corrected chi connectivity index (χ4v) is 3.94. The first-order valence-electron chi connectivity index (χ1n) is 8.93. The molecule has 1 aliphatic carbocycles. The zero-order valence-electron chi connectivity index (χ0n) is 15.8. The Morgan fingerprint density at radius 1 is 1.44 bits per heavy atom. The van der Waals surface area contributed by atoms with Crippen LogP contribution in [0.4, 0.5) is 0 Å². The van der Waals surface area contributed by atoms with E-state index in [0.29, 0.717) is 18.6 Å². The van der Waals surface area contributed by atoms with E-state index in [1.807, 2.05) is 7.05 Å². The summed E-state index contributed by atoms with van der Waals surface area (Å²) >= 11 is 1.74. The summed E-state index contributed by atoms with van der Waals surface area (Å²) < 4.78 is 2.08. The molecule has 1 aliphatic rings. The fourth-order valence-electron chi connectivity index (χ4n) is 3.06. The van der Waals surface area contributed by atoms with Crippen LogP contribution >= 0.6 is 11.3 Å². The van der Waals surface area contributed by atoms with Crippen molar-refractivity contribution in [2.75, 3.05) is 7.05 Å². The second kappa shape index (κ2) is 7.56. The van der Waals surface area contributed by atoms with Gasteiger partial charge in [-0.15, -0.1) is 11.3 Å². The van der Waals surface area contributed by atoms with Crippen LogP contribution in [0.5, 0.6) is 0 Å². The van der Waals surface area contributed by atoms with Gasteiger partial charge in [-0.1, -0.05) is 0 Å². The minimum absolute atomic E-state index is 0.369. The van der Waals surface area contributed by atoms with E-state index in [-0.39, 0.29) is 0 Å². The molecule has 7 heteroatoms. The molecular weight excluding hydrogens is 332 g/mol. The van der Waals surface area contributed by atoms with Gasteiger partial charge >= 0.3 is 0 Å². The van der Waals surface area contributed by atoms with Gasteiger partial charge in [0.2, 0.25) is 0 Å². The van der Waals surface area contributed by atoms with Crippen LogP contribution in [0.2, 0.25) is 0 Å². The lowest BCUT2D eigenvalue weighted by atomic mass is 9.94. The average Bonchev–Trinajstić information content (AvgIpc) is 3.14. The van der Waals surface area contributed by atoms with Crippen molar-refractivity contribution in [3.63, 3.8) is 0 Å². The summed E-state index contributed by atoms with van der Waals surface area (Å²) in [6.45, 7) is 9.21. The highest BCUT2D eigenvalue weighted by Crippen LogP contribution is 2.22. The number of rotatable bonds is 4. The topological polar surface area (TPSA) is 67.1 Å². The molecule has 2 aromatic rings. The molecule has 2 aromatic heterocycles. The Balaban J connectivity index is 1.57. The van der Waals surface area contributed by atoms with E-state index >= 15 is 0 Å². The van der Waals surface area contributed by atoms with Crippen molar-refractivity contribution in [1.29, 1.82) is 0 Å². The highest BCUT2D eigenvalue weighted by molar-refractivity contribution is 7.11. The molecule has 0 fully saturated rings. The van der Waals surface area contributed by atoms with Crippen molar-refractivity contribution in [3.05, 3.63) is 33.0 Å². The van der Waals surface area contributed by atoms with E-state index in [0.717, 1.165) is 35.9 Å². The predicted molar refractivity (Wildman–Crippen MR) is 103 cm³/mol. The molecule has 2 N–H and O–H groups in total. The van der Waals surface area contributed by atoms with Gasteiger partial charge in [0, 0.05) is 36.6 Å². The molecule has 0 radical (unpaired) electrons. The Bertz CT molecular complexity index is 738. The molecule has 3 rings (SSSR count). The number of nitrogens with one attached hydrogen (secondary N) is 2. The Morgan fingerprint density at radius 3 is 2.88 bits per heavy atom. The standard InChI is InChI=1S/C18H28N6S/c1-11(2)24-10-14-6-7-15(8-16(14)23-24)22-18(19-5)20-9-17-21-12(3)13(4)25-17/h10-11,15H,6-9H2,1-5H3,(H2,19,20,22). The van der Waals surface area contributed by atoms with Crippen LogP contribution in [0.1, 0.15) is 53.1 Å². The second-order valence-electron chi connectivity index (χ2n) is 6.93. The number of aryl methyl sites for hydroxylation is 3. The monoisotopic (exact) mass is 360 g/mol. The van der Waals surface area contributed by atoms with E-state index in [9.17, 15) is 0 Å². The summed E-state index contributed by atoms with van der Waals surface area (Å²) in [6, 6.07) is 0.783. The summed E-state index contributed by atoms with van der Waals surface area (Å²) in [5.41, 5.74) is 3.73. The number of guanidine groups is 1. The van der Waals surface area contributed by atoms with Crippen molar-refractivity contribution in [1.82, 2.24) is 25.4 Å². The lowest BCUT2D eigenvalue weighted by Gasteiger charge is -2.24. The maximum absolute atomic E-state index is 4.75. The van der Waals surface area contributed by atoms with Gasteiger partial charge in [0.1, 0.15) is 5.01 Å². The predicted octanol–water partition coefficient (Wildman–Crippen LogP) is 2.76. The summed E-state index contributed by atoms with van der Waals surface area (Å²) in [5.74, 6) is 0.835. The zero-order chi connectivity index (χ0) is 18.0. The van der Waals surface area contributed by atoms with Crippen LogP contribution in [0.15, 0.2) is 11.2 Å². The zero-order valence-corrected chi connectivity index (χ0v) is 16.6. The molecule has 0 spiro atoms. The van der Waals surface area contributed by atoms with Crippen LogP contribution in [-0.4, -0.2) is 33.8 Å². The lowest BCUT2D eigenvalue weighted by Crippen LogP contribution is -2.45. The quantitative estimate of drug-likeness (QED) is 0.650. The molecule has 136 valence electrons. The second-order valence-corrected chi connectivity index (χ2v) is 8.22. The van der Waals surface area contributed by atoms with Crippen molar-refractivity contribution < 1.29 is 0 Å². The third kappa shape index (κ3) is 4.21. The molecule has 0 amide bonds. The maximum atomic E-state index is 4.75. The molecule has 1 unspecified atom stereocenters. The van der Waals surface area contributed by atoms with Crippen molar-refractivity contribution in [2.45, 2.75) is 65.6 Å². The van der Waals surface area contributed by atoms with Crippen molar-refractivity contribution in [3.8, 4) is 0 Å². The highest BCUT2D eigenvalue weighted by atomic mass is 32.1. The molecular formula is C18H28N6S. The first-order valence-corrected chi connectivity index (χ1v) is 9.75. The van der Waals surface area contributed by atoms with Crippen LogP contribution in [0.3, 0.4) is 0 Å². The van der Waals surface area contributed by atoms with Gasteiger partial charge in [0.15, 0.2) is 5.96 Å². The summed E-state index contributed by atoms with van der Waals surface area (Å²) in [4.78, 5) is 10.2. The van der Waals surface area contributed by atoms with Crippen LogP contribution < -0.4 is 10.6 Å². The fraction of sp³-hybridized carbons (Fsp3) is 0.611. The average molecular weight is 361 g/mol. The molecule has 0 aliphatic heterocycles. The number of hydrogen-bond acceptors (Lipinski definition) is 4. The Hall–Kier alpha value is -1.89.